The molecule has 0 aromatic carbocycles. The monoisotopic (exact) mass is 856 g/mol. The molecule has 0 aromatic heterocycles. The van der Waals surface area contributed by atoms with Crippen molar-refractivity contribution in [3.63, 3.8) is 0 Å². The van der Waals surface area contributed by atoms with E-state index in [1.54, 1.807) is 0 Å². The van der Waals surface area contributed by atoms with Gasteiger partial charge in [-0.25, -0.2) is 4.57 Å². The molecule has 9 heteroatoms. The van der Waals surface area contributed by atoms with E-state index in [2.05, 4.69) is 43.5 Å². The SMILES string of the molecule is CCCC/C=C\C/C=C\CCCCCCCC(=O)NC(COP(=O)(O)OCC[N+](C)(C)C)C(O)CCCCCCCCCCCCCCCCCCCCCCCCC. The molecule has 3 atom stereocenters. The molecule has 0 rings (SSSR count). The average Bonchev–Trinajstić information content (AvgIpc) is 3.19. The van der Waals surface area contributed by atoms with Crippen LogP contribution in [0.15, 0.2) is 24.3 Å². The second-order valence-electron chi connectivity index (χ2n) is 18.5. The molecule has 0 radical (unpaired) electrons. The number of phosphoric ester groups is 1. The Morgan fingerprint density at radius 2 is 0.983 bits per heavy atom. The fourth-order valence-electron chi connectivity index (χ4n) is 7.42. The topological polar surface area (TPSA) is 105 Å². The zero-order valence-electron chi connectivity index (χ0n) is 39.8. The summed E-state index contributed by atoms with van der Waals surface area (Å²) in [5, 5.41) is 14.0. The molecular weight excluding hydrogens is 756 g/mol. The van der Waals surface area contributed by atoms with Crippen molar-refractivity contribution in [2.45, 2.75) is 251 Å². The van der Waals surface area contributed by atoms with Crippen LogP contribution in [-0.4, -0.2) is 73.4 Å². The number of quaternary nitrogens is 1. The number of phosphoric acid groups is 1. The highest BCUT2D eigenvalue weighted by molar-refractivity contribution is 7.47. The van der Waals surface area contributed by atoms with E-state index >= 15 is 0 Å². The molecule has 0 saturated carbocycles. The van der Waals surface area contributed by atoms with Gasteiger partial charge in [0.1, 0.15) is 13.2 Å². The van der Waals surface area contributed by atoms with Crippen molar-refractivity contribution in [1.29, 1.82) is 0 Å². The van der Waals surface area contributed by atoms with E-state index < -0.39 is 20.0 Å². The van der Waals surface area contributed by atoms with Crippen LogP contribution in [0.2, 0.25) is 0 Å². The molecule has 8 nitrogen and oxygen atoms in total. The predicted molar refractivity (Wildman–Crippen MR) is 254 cm³/mol. The second kappa shape index (κ2) is 42.3. The lowest BCUT2D eigenvalue weighted by molar-refractivity contribution is -0.870. The summed E-state index contributed by atoms with van der Waals surface area (Å²) in [5.74, 6) is -0.157. The fourth-order valence-corrected chi connectivity index (χ4v) is 8.15. The minimum atomic E-state index is -4.32. The number of aliphatic hydroxyl groups excluding tert-OH is 1. The normalized spacial score (nSPS) is 14.4. The first-order valence-corrected chi connectivity index (χ1v) is 26.7. The number of allylic oxidation sites excluding steroid dienone is 4. The van der Waals surface area contributed by atoms with Crippen LogP contribution in [0, 0.1) is 0 Å². The van der Waals surface area contributed by atoms with Gasteiger partial charge in [-0.05, 0) is 38.5 Å². The van der Waals surface area contributed by atoms with E-state index in [1.807, 2.05) is 21.1 Å². The summed E-state index contributed by atoms with van der Waals surface area (Å²) in [5.41, 5.74) is 0. The van der Waals surface area contributed by atoms with Gasteiger partial charge < -0.3 is 19.8 Å². The van der Waals surface area contributed by atoms with Gasteiger partial charge in [-0.3, -0.25) is 13.8 Å². The number of aliphatic hydroxyl groups is 1. The Bertz CT molecular complexity index is 1020. The number of nitrogens with zero attached hydrogens (tertiary/aromatic N) is 1. The van der Waals surface area contributed by atoms with Crippen molar-refractivity contribution in [2.75, 3.05) is 40.9 Å². The molecule has 3 unspecified atom stereocenters. The number of nitrogens with one attached hydrogen (secondary N) is 1. The van der Waals surface area contributed by atoms with Crippen molar-refractivity contribution >= 4 is 13.7 Å². The lowest BCUT2D eigenvalue weighted by atomic mass is 10.0. The first kappa shape index (κ1) is 58.0. The number of carbonyl (C=O) groups is 1. The highest BCUT2D eigenvalue weighted by Gasteiger charge is 2.28. The maximum atomic E-state index is 12.9. The quantitative estimate of drug-likeness (QED) is 0.0244. The van der Waals surface area contributed by atoms with Gasteiger partial charge in [0.25, 0.3) is 0 Å². The van der Waals surface area contributed by atoms with Crippen molar-refractivity contribution in [3.8, 4) is 0 Å². The molecule has 59 heavy (non-hydrogen) atoms. The maximum Gasteiger partial charge on any atom is 0.472 e. The Morgan fingerprint density at radius 1 is 0.576 bits per heavy atom. The maximum absolute atomic E-state index is 12.9. The third-order valence-corrected chi connectivity index (χ3v) is 12.4. The minimum absolute atomic E-state index is 0.0725. The van der Waals surface area contributed by atoms with Gasteiger partial charge in [-0.1, -0.05) is 218 Å². The van der Waals surface area contributed by atoms with Crippen molar-refractivity contribution in [1.82, 2.24) is 5.32 Å². The molecule has 0 aliphatic carbocycles. The van der Waals surface area contributed by atoms with E-state index in [4.69, 9.17) is 9.05 Å². The van der Waals surface area contributed by atoms with E-state index in [9.17, 15) is 19.4 Å². The summed E-state index contributed by atoms with van der Waals surface area (Å²) < 4.78 is 23.7. The molecule has 3 N–H and O–H groups in total. The van der Waals surface area contributed by atoms with E-state index in [1.165, 1.54) is 148 Å². The smallest absolute Gasteiger partial charge is 0.391 e. The van der Waals surface area contributed by atoms with Crippen molar-refractivity contribution < 1.29 is 32.9 Å². The first-order valence-electron chi connectivity index (χ1n) is 25.2. The molecule has 0 bridgehead atoms. The number of amides is 1. The van der Waals surface area contributed by atoms with E-state index in [0.29, 0.717) is 23.9 Å². The van der Waals surface area contributed by atoms with Crippen molar-refractivity contribution in [3.05, 3.63) is 24.3 Å². The number of hydrogen-bond acceptors (Lipinski definition) is 5. The Hall–Kier alpha value is -1.02. The number of rotatable bonds is 46. The third kappa shape index (κ3) is 44.8. The number of hydrogen-bond donors (Lipinski definition) is 3. The predicted octanol–water partition coefficient (Wildman–Crippen LogP) is 14.5. The molecule has 0 spiro atoms. The van der Waals surface area contributed by atoms with Gasteiger partial charge in [0.15, 0.2) is 0 Å². The average molecular weight is 856 g/mol. The fraction of sp³-hybridized carbons (Fsp3) is 0.900. The van der Waals surface area contributed by atoms with Gasteiger partial charge in [0.05, 0.1) is 39.9 Å². The van der Waals surface area contributed by atoms with Gasteiger partial charge in [0.2, 0.25) is 5.91 Å². The Labute approximate surface area is 366 Å². The van der Waals surface area contributed by atoms with Gasteiger partial charge >= 0.3 is 7.82 Å². The molecule has 0 heterocycles. The van der Waals surface area contributed by atoms with Crippen LogP contribution >= 0.6 is 7.82 Å². The Balaban J connectivity index is 4.22. The van der Waals surface area contributed by atoms with Gasteiger partial charge in [-0.15, -0.1) is 0 Å². The van der Waals surface area contributed by atoms with Crippen LogP contribution in [0.5, 0.6) is 0 Å². The standard InChI is InChI=1S/C50H99N2O6P/c1-6-8-10-12-14-16-18-20-22-23-24-25-26-27-28-29-30-31-33-35-37-39-41-43-49(53)48(47-58-59(55,56)57-46-45-52(3,4)5)51-50(54)44-42-40-38-36-34-32-21-19-17-15-13-11-9-7-2/h13,15,19,21,48-49,53H,6-12,14,16-18,20,22-47H2,1-5H3,(H-,51,54,55,56)/p+1/b15-13-,21-19-. The van der Waals surface area contributed by atoms with Crippen LogP contribution < -0.4 is 5.32 Å². The summed E-state index contributed by atoms with van der Waals surface area (Å²) in [7, 11) is 1.61. The van der Waals surface area contributed by atoms with Gasteiger partial charge in [-0.2, -0.15) is 0 Å². The highest BCUT2D eigenvalue weighted by atomic mass is 31.2. The second-order valence-corrected chi connectivity index (χ2v) is 20.0. The number of likely N-dealkylation sites (N-methyl/N-ethyl adjacent to an activating group) is 1. The molecular formula is C50H100N2O6P+. The molecule has 0 saturated heterocycles. The van der Waals surface area contributed by atoms with Crippen LogP contribution in [-0.2, 0) is 18.4 Å². The Kier molecular flexibility index (Phi) is 41.6. The van der Waals surface area contributed by atoms with Crippen LogP contribution in [0.25, 0.3) is 0 Å². The zero-order valence-corrected chi connectivity index (χ0v) is 40.7. The molecule has 0 fully saturated rings. The highest BCUT2D eigenvalue weighted by Crippen LogP contribution is 2.43. The lowest BCUT2D eigenvalue weighted by Gasteiger charge is -2.26. The summed E-state index contributed by atoms with van der Waals surface area (Å²) in [6, 6.07) is -0.766. The molecule has 0 aliphatic heterocycles. The van der Waals surface area contributed by atoms with Gasteiger partial charge in [0, 0.05) is 6.42 Å². The Morgan fingerprint density at radius 3 is 1.44 bits per heavy atom. The molecule has 0 aliphatic rings. The third-order valence-electron chi connectivity index (χ3n) is 11.5. The molecule has 350 valence electrons. The summed E-state index contributed by atoms with van der Waals surface area (Å²) >= 11 is 0. The number of unbranched alkanes of at least 4 members (excludes halogenated alkanes) is 29. The minimum Gasteiger partial charge on any atom is -0.391 e. The summed E-state index contributed by atoms with van der Waals surface area (Å²) in [4.78, 5) is 23.2. The van der Waals surface area contributed by atoms with E-state index in [0.717, 1.165) is 64.2 Å². The number of carbonyl (C=O) groups excluding carboxylic acids is 1. The van der Waals surface area contributed by atoms with Crippen LogP contribution in [0.1, 0.15) is 239 Å². The van der Waals surface area contributed by atoms with Crippen molar-refractivity contribution in [2.24, 2.45) is 0 Å². The van der Waals surface area contributed by atoms with Crippen LogP contribution in [0.3, 0.4) is 0 Å². The largest absolute Gasteiger partial charge is 0.472 e. The summed E-state index contributed by atoms with van der Waals surface area (Å²) in [6.07, 6.45) is 50.7. The lowest BCUT2D eigenvalue weighted by Crippen LogP contribution is -2.46. The molecule has 1 amide bonds. The van der Waals surface area contributed by atoms with Crippen LogP contribution in [0.4, 0.5) is 0 Å². The first-order chi connectivity index (χ1) is 28.5. The zero-order chi connectivity index (χ0) is 43.6. The van der Waals surface area contributed by atoms with E-state index in [-0.39, 0.29) is 19.1 Å². The summed E-state index contributed by atoms with van der Waals surface area (Å²) in [6.45, 7) is 4.85. The molecule has 0 aromatic rings.